The third kappa shape index (κ3) is 24.4. The molecule has 6 N–H and O–H groups in total. The average Bonchev–Trinajstić information content (AvgIpc) is 3.94. The smallest absolute Gasteiger partial charge is 0.395 e. The Morgan fingerprint density at radius 3 is 1.76 bits per heavy atom. The zero-order valence-electron chi connectivity index (χ0n) is 35.9. The molecule has 0 radical (unpaired) electrons. The summed E-state index contributed by atoms with van der Waals surface area (Å²) in [5, 5.41) is 19.9. The second-order valence-corrected chi connectivity index (χ2v) is 13.9. The molecule has 4 amide bonds. The predicted octanol–water partition coefficient (Wildman–Crippen LogP) is 2.20. The first-order valence-corrected chi connectivity index (χ1v) is 21.3. The number of H-pyrrole nitrogens is 1. The summed E-state index contributed by atoms with van der Waals surface area (Å²) in [6.45, 7) is 7.02. The van der Waals surface area contributed by atoms with Crippen molar-refractivity contribution in [3.05, 3.63) is 64.0 Å². The van der Waals surface area contributed by atoms with E-state index in [9.17, 15) is 29.3 Å². The maximum Gasteiger partial charge on any atom is 0.433 e. The molecule has 1 atom stereocenters. The zero-order chi connectivity index (χ0) is 45.2. The topological polar surface area (TPSA) is 276 Å². The molecule has 0 saturated carbocycles. The largest absolute Gasteiger partial charge is 0.433 e. The third-order valence-electron chi connectivity index (χ3n) is 9.05. The lowest BCUT2D eigenvalue weighted by molar-refractivity contribution is -0.402. The molecule has 1 aromatic carbocycles. The highest BCUT2D eigenvalue weighted by Crippen LogP contribution is 2.19. The maximum atomic E-state index is 12.2. The Labute approximate surface area is 366 Å². The van der Waals surface area contributed by atoms with E-state index in [0.717, 1.165) is 24.4 Å². The highest BCUT2D eigenvalue weighted by Gasteiger charge is 2.19. The number of carbonyl (C=O) groups excluding carboxylic acids is 4. The number of furan rings is 1. The van der Waals surface area contributed by atoms with Crippen LogP contribution < -0.4 is 21.7 Å². The van der Waals surface area contributed by atoms with Crippen molar-refractivity contribution < 1.29 is 66.4 Å². The molecule has 63 heavy (non-hydrogen) atoms. The number of hydrogen-bond donors (Lipinski definition) is 5. The van der Waals surface area contributed by atoms with Gasteiger partial charge in [0.05, 0.1) is 112 Å². The van der Waals surface area contributed by atoms with E-state index in [1.807, 2.05) is 24.4 Å². The van der Waals surface area contributed by atoms with Crippen LogP contribution in [0.4, 0.5) is 5.88 Å². The third-order valence-corrected chi connectivity index (χ3v) is 9.05. The number of unbranched alkanes of at least 4 members (excludes halogenated alkanes) is 1. The Kier molecular flexibility index (Phi) is 27.9. The normalized spacial score (nSPS) is 11.7. The number of nitrogens with two attached hydrogens (primary N) is 1. The van der Waals surface area contributed by atoms with Gasteiger partial charge in [-0.05, 0) is 49.8 Å². The van der Waals surface area contributed by atoms with Crippen LogP contribution in [0.25, 0.3) is 10.9 Å². The zero-order valence-corrected chi connectivity index (χ0v) is 35.9. The molecule has 0 saturated heterocycles. The van der Waals surface area contributed by atoms with E-state index in [2.05, 4.69) is 27.0 Å². The predicted molar refractivity (Wildman–Crippen MR) is 228 cm³/mol. The van der Waals surface area contributed by atoms with E-state index in [4.69, 9.17) is 48.0 Å². The van der Waals surface area contributed by atoms with Crippen LogP contribution in [-0.4, -0.2) is 158 Å². The molecule has 0 spiro atoms. The molecule has 3 aromatic rings. The Morgan fingerprint density at radius 2 is 1.21 bits per heavy atom. The van der Waals surface area contributed by atoms with Crippen molar-refractivity contribution in [2.75, 3.05) is 119 Å². The van der Waals surface area contributed by atoms with Crippen LogP contribution in [0.2, 0.25) is 0 Å². The van der Waals surface area contributed by atoms with Gasteiger partial charge in [0.15, 0.2) is 5.76 Å². The number of rotatable bonds is 40. The molecule has 0 aliphatic heterocycles. The summed E-state index contributed by atoms with van der Waals surface area (Å²) < 4.78 is 48.7. The van der Waals surface area contributed by atoms with E-state index in [0.29, 0.717) is 118 Å². The van der Waals surface area contributed by atoms with Gasteiger partial charge >= 0.3 is 5.88 Å². The number of ether oxygens (including phenoxy) is 8. The molecule has 21 nitrogen and oxygen atoms in total. The molecule has 1 unspecified atom stereocenters. The number of amides is 4. The van der Waals surface area contributed by atoms with Gasteiger partial charge in [-0.3, -0.25) is 29.3 Å². The van der Waals surface area contributed by atoms with E-state index in [1.54, 1.807) is 0 Å². The highest BCUT2D eigenvalue weighted by molar-refractivity contribution is 5.91. The standard InChI is InChI=1S/C42H64N6O15/c43-41(51)36(9-3-4-14-45-42(52)37-11-12-40(63-37)48(53)54)47-39(50)13-16-55-18-20-57-22-24-59-26-28-61-30-31-62-29-27-60-25-23-58-21-19-56-17-15-44-38(49)10-5-6-33-32-46-35-8-2-1-7-34(33)35/h1-2,7-8,11-12,32,36,46H,3-6,9-10,13-31H2,(H2,43,51)(H,44,49)(H,45,52)(H,47,50). The number of primary amides is 1. The van der Waals surface area contributed by atoms with Gasteiger partial charge in [-0.1, -0.05) is 18.2 Å². The number of nitrogens with one attached hydrogen (secondary N) is 4. The lowest BCUT2D eigenvalue weighted by Gasteiger charge is -2.15. The van der Waals surface area contributed by atoms with Crippen molar-refractivity contribution in [1.82, 2.24) is 20.9 Å². The number of nitrogens with zero attached hydrogens (tertiary/aromatic N) is 1. The van der Waals surface area contributed by atoms with Crippen LogP contribution in [0, 0.1) is 10.1 Å². The van der Waals surface area contributed by atoms with Crippen molar-refractivity contribution in [3.8, 4) is 0 Å². The number of nitro groups is 1. The summed E-state index contributed by atoms with van der Waals surface area (Å²) in [6, 6.07) is 9.59. The van der Waals surface area contributed by atoms with E-state index in [-0.39, 0.29) is 50.2 Å². The summed E-state index contributed by atoms with van der Waals surface area (Å²) in [5.41, 5.74) is 7.77. The summed E-state index contributed by atoms with van der Waals surface area (Å²) in [5.74, 6) is -2.34. The number of carbonyl (C=O) groups is 4. The van der Waals surface area contributed by atoms with Crippen LogP contribution in [0.5, 0.6) is 0 Å². The number of para-hydroxylation sites is 1. The molecule has 21 heteroatoms. The summed E-state index contributed by atoms with van der Waals surface area (Å²) in [6.07, 6.45) is 5.39. The summed E-state index contributed by atoms with van der Waals surface area (Å²) in [4.78, 5) is 61.3. The van der Waals surface area contributed by atoms with Gasteiger partial charge in [-0.2, -0.15) is 0 Å². The number of benzene rings is 1. The van der Waals surface area contributed by atoms with Gasteiger partial charge < -0.3 is 69.0 Å². The molecular weight excluding hydrogens is 828 g/mol. The quantitative estimate of drug-likeness (QED) is 0.0311. The van der Waals surface area contributed by atoms with Crippen LogP contribution in [0.1, 0.15) is 54.6 Å². The van der Waals surface area contributed by atoms with Gasteiger partial charge in [0.1, 0.15) is 11.0 Å². The lowest BCUT2D eigenvalue weighted by atomic mass is 10.1. The van der Waals surface area contributed by atoms with Crippen molar-refractivity contribution in [2.24, 2.45) is 5.73 Å². The minimum Gasteiger partial charge on any atom is -0.395 e. The summed E-state index contributed by atoms with van der Waals surface area (Å²) >= 11 is 0. The van der Waals surface area contributed by atoms with Gasteiger partial charge in [-0.15, -0.1) is 0 Å². The van der Waals surface area contributed by atoms with Gasteiger partial charge in [0.25, 0.3) is 5.91 Å². The Balaban J connectivity index is 0.967. The molecule has 0 fully saturated rings. The van der Waals surface area contributed by atoms with E-state index >= 15 is 0 Å². The Bertz CT molecular complexity index is 1740. The van der Waals surface area contributed by atoms with Gasteiger partial charge in [-0.25, -0.2) is 0 Å². The Hall–Kier alpha value is -5.00. The van der Waals surface area contributed by atoms with Crippen molar-refractivity contribution in [2.45, 2.75) is 51.0 Å². The minimum atomic E-state index is -0.871. The molecule has 2 heterocycles. The number of aromatic amines is 1. The van der Waals surface area contributed by atoms with E-state index < -0.39 is 28.7 Å². The summed E-state index contributed by atoms with van der Waals surface area (Å²) in [7, 11) is 0. The number of hydrogen-bond acceptors (Lipinski definition) is 15. The fraction of sp³-hybridized carbons (Fsp3) is 0.619. The molecule has 0 bridgehead atoms. The molecule has 2 aromatic heterocycles. The Morgan fingerprint density at radius 1 is 0.651 bits per heavy atom. The second-order valence-electron chi connectivity index (χ2n) is 13.9. The fourth-order valence-corrected chi connectivity index (χ4v) is 5.80. The van der Waals surface area contributed by atoms with Gasteiger partial charge in [0.2, 0.25) is 17.7 Å². The first kappa shape index (κ1) is 52.3. The van der Waals surface area contributed by atoms with E-state index in [1.165, 1.54) is 17.0 Å². The van der Waals surface area contributed by atoms with Crippen LogP contribution >= 0.6 is 0 Å². The number of fused-ring (bicyclic) bond motifs is 1. The van der Waals surface area contributed by atoms with Crippen LogP contribution in [0.15, 0.2) is 47.0 Å². The second kappa shape index (κ2) is 33.5. The monoisotopic (exact) mass is 892 g/mol. The number of aromatic nitrogens is 1. The first-order chi connectivity index (χ1) is 30.7. The van der Waals surface area contributed by atoms with Crippen molar-refractivity contribution >= 4 is 40.4 Å². The molecule has 0 aliphatic rings. The van der Waals surface area contributed by atoms with Gasteiger partial charge in [0, 0.05) is 43.0 Å². The molecule has 3 rings (SSSR count). The number of aryl methyl sites for hydroxylation is 1. The lowest BCUT2D eigenvalue weighted by Crippen LogP contribution is -2.44. The minimum absolute atomic E-state index is 0.0262. The fourth-order valence-electron chi connectivity index (χ4n) is 5.80. The maximum absolute atomic E-state index is 12.2. The SMILES string of the molecule is NC(=O)C(CCCCNC(=O)c1ccc([N+](=O)[O-])o1)NC(=O)CCOCCOCCOCCOCCOCCOCCOCCOCCNC(=O)CCCc1c[nH]c2ccccc12. The average molecular weight is 893 g/mol. The van der Waals surface area contributed by atoms with Crippen LogP contribution in [-0.2, 0) is 58.7 Å². The highest BCUT2D eigenvalue weighted by atomic mass is 16.6. The van der Waals surface area contributed by atoms with Crippen molar-refractivity contribution in [3.63, 3.8) is 0 Å². The first-order valence-electron chi connectivity index (χ1n) is 21.3. The molecule has 352 valence electrons. The van der Waals surface area contributed by atoms with Crippen LogP contribution in [0.3, 0.4) is 0 Å². The van der Waals surface area contributed by atoms with Crippen molar-refractivity contribution in [1.29, 1.82) is 0 Å². The molecule has 0 aliphatic carbocycles. The molecular formula is C42H64N6O15.